The Morgan fingerprint density at radius 3 is 2.60 bits per heavy atom. The second-order valence-corrected chi connectivity index (χ2v) is 6.08. The number of nitrogens with one attached hydrogen (secondary N) is 1. The van der Waals surface area contributed by atoms with Crippen molar-refractivity contribution in [3.8, 4) is 0 Å². The van der Waals surface area contributed by atoms with Crippen molar-refractivity contribution in [1.29, 1.82) is 0 Å². The number of hydrogen-bond donors (Lipinski definition) is 1. The molecule has 0 bridgehead atoms. The molecule has 1 aromatic carbocycles. The number of halogens is 2. The van der Waals surface area contributed by atoms with Crippen molar-refractivity contribution in [2.45, 2.75) is 38.6 Å². The normalized spacial score (nSPS) is 17.4. The van der Waals surface area contributed by atoms with Gasteiger partial charge in [-0.3, -0.25) is 4.79 Å². The Balaban J connectivity index is 1.74. The zero-order chi connectivity index (χ0) is 17.8. The molecule has 0 spiro atoms. The maximum atomic E-state index is 13.7. The van der Waals surface area contributed by atoms with Crippen molar-refractivity contribution in [2.75, 3.05) is 11.9 Å². The number of piperidine rings is 1. The van der Waals surface area contributed by atoms with Gasteiger partial charge in [0.1, 0.15) is 17.3 Å². The molecule has 3 rings (SSSR count). The van der Waals surface area contributed by atoms with Crippen LogP contribution in [-0.4, -0.2) is 33.6 Å². The van der Waals surface area contributed by atoms with Crippen molar-refractivity contribution in [1.82, 2.24) is 15.1 Å². The van der Waals surface area contributed by atoms with Crippen LogP contribution in [0.25, 0.3) is 0 Å². The van der Waals surface area contributed by atoms with Crippen molar-refractivity contribution in [3.05, 3.63) is 47.7 Å². The Bertz CT molecular complexity index is 731. The Labute approximate surface area is 145 Å². The van der Waals surface area contributed by atoms with E-state index in [1.54, 1.807) is 0 Å². The summed E-state index contributed by atoms with van der Waals surface area (Å²) >= 11 is 0. The van der Waals surface area contributed by atoms with Crippen LogP contribution in [-0.2, 0) is 0 Å². The number of benzene rings is 1. The van der Waals surface area contributed by atoms with Gasteiger partial charge in [-0.1, -0.05) is 13.0 Å². The predicted molar refractivity (Wildman–Crippen MR) is 90.6 cm³/mol. The number of nitrogens with zero attached hydrogens (tertiary/aromatic N) is 3. The zero-order valence-corrected chi connectivity index (χ0v) is 14.0. The lowest BCUT2D eigenvalue weighted by Gasteiger charge is -2.34. The molecule has 0 aliphatic carbocycles. The number of amides is 1. The maximum absolute atomic E-state index is 13.7. The molecule has 1 saturated heterocycles. The third-order valence-corrected chi connectivity index (χ3v) is 4.46. The fourth-order valence-corrected chi connectivity index (χ4v) is 3.10. The van der Waals surface area contributed by atoms with Gasteiger partial charge < -0.3 is 10.2 Å². The summed E-state index contributed by atoms with van der Waals surface area (Å²) in [6, 6.07) is 6.84. The number of likely N-dealkylation sites (tertiary alicyclic amines) is 1. The molecule has 7 heteroatoms. The molecule has 25 heavy (non-hydrogen) atoms. The predicted octanol–water partition coefficient (Wildman–Crippen LogP) is 3.90. The van der Waals surface area contributed by atoms with Gasteiger partial charge >= 0.3 is 0 Å². The smallest absolute Gasteiger partial charge is 0.274 e. The van der Waals surface area contributed by atoms with E-state index >= 15 is 0 Å². The highest BCUT2D eigenvalue weighted by atomic mass is 19.1. The van der Waals surface area contributed by atoms with Crippen LogP contribution < -0.4 is 5.32 Å². The van der Waals surface area contributed by atoms with Gasteiger partial charge in [0.15, 0.2) is 11.5 Å². The molecule has 1 atom stereocenters. The summed E-state index contributed by atoms with van der Waals surface area (Å²) in [5, 5.41) is 10.4. The molecule has 0 saturated carbocycles. The highest BCUT2D eigenvalue weighted by molar-refractivity contribution is 5.92. The number of aromatic nitrogens is 2. The lowest BCUT2D eigenvalue weighted by Crippen LogP contribution is -2.43. The van der Waals surface area contributed by atoms with E-state index in [-0.39, 0.29) is 29.1 Å². The molecule has 1 N–H and O–H groups in total. The van der Waals surface area contributed by atoms with Crippen LogP contribution in [0.1, 0.15) is 43.1 Å². The minimum Gasteiger partial charge on any atom is -0.334 e. The molecule has 5 nitrogen and oxygen atoms in total. The minimum absolute atomic E-state index is 0.150. The Kier molecular flexibility index (Phi) is 5.21. The molecular formula is C18H20F2N4O. The second-order valence-electron chi connectivity index (χ2n) is 6.08. The van der Waals surface area contributed by atoms with Gasteiger partial charge in [0.25, 0.3) is 5.91 Å². The quantitative estimate of drug-likeness (QED) is 0.912. The molecule has 1 aliphatic rings. The van der Waals surface area contributed by atoms with Gasteiger partial charge in [0.2, 0.25) is 0 Å². The van der Waals surface area contributed by atoms with Crippen LogP contribution in [0.4, 0.5) is 20.3 Å². The minimum atomic E-state index is -0.721. The molecule has 2 aromatic rings. The second kappa shape index (κ2) is 7.55. The molecular weight excluding hydrogens is 326 g/mol. The summed E-state index contributed by atoms with van der Waals surface area (Å²) in [4.78, 5) is 14.5. The van der Waals surface area contributed by atoms with Crippen LogP contribution >= 0.6 is 0 Å². The van der Waals surface area contributed by atoms with E-state index in [1.807, 2.05) is 4.90 Å². The van der Waals surface area contributed by atoms with Crippen molar-refractivity contribution in [3.63, 3.8) is 0 Å². The molecule has 1 fully saturated rings. The van der Waals surface area contributed by atoms with Crippen molar-refractivity contribution >= 4 is 17.4 Å². The number of carbonyl (C=O) groups is 1. The fraction of sp³-hybridized carbons (Fsp3) is 0.389. The lowest BCUT2D eigenvalue weighted by atomic mass is 9.99. The summed E-state index contributed by atoms with van der Waals surface area (Å²) < 4.78 is 27.3. The molecule has 1 amide bonds. The van der Waals surface area contributed by atoms with Gasteiger partial charge in [0, 0.05) is 12.6 Å². The first kappa shape index (κ1) is 17.3. The molecule has 0 radical (unpaired) electrons. The first-order valence-corrected chi connectivity index (χ1v) is 8.46. The molecule has 1 unspecified atom stereocenters. The number of para-hydroxylation sites is 1. The highest BCUT2D eigenvalue weighted by Gasteiger charge is 2.27. The standard InChI is InChI=1S/C18H20F2N4O/c1-2-12-6-3-4-11-24(12)18(25)15-9-10-16(23-22-15)21-17-13(19)7-5-8-14(17)20/h5,7-10,12H,2-4,6,11H2,1H3,(H,21,23). The van der Waals surface area contributed by atoms with E-state index in [1.165, 1.54) is 18.2 Å². The number of carbonyl (C=O) groups excluding carboxylic acids is 1. The third kappa shape index (κ3) is 3.75. The number of hydrogen-bond acceptors (Lipinski definition) is 4. The Morgan fingerprint density at radius 1 is 1.20 bits per heavy atom. The maximum Gasteiger partial charge on any atom is 0.274 e. The topological polar surface area (TPSA) is 58.1 Å². The lowest BCUT2D eigenvalue weighted by molar-refractivity contribution is 0.0601. The third-order valence-electron chi connectivity index (χ3n) is 4.46. The van der Waals surface area contributed by atoms with Gasteiger partial charge in [-0.25, -0.2) is 8.78 Å². The van der Waals surface area contributed by atoms with Gasteiger partial charge in [-0.2, -0.15) is 0 Å². The molecule has 1 aliphatic heterocycles. The average Bonchev–Trinajstić information content (AvgIpc) is 2.65. The summed E-state index contributed by atoms with van der Waals surface area (Å²) in [6.07, 6.45) is 4.03. The number of anilines is 2. The number of rotatable bonds is 4. The molecule has 2 heterocycles. The Morgan fingerprint density at radius 2 is 1.96 bits per heavy atom. The first-order chi connectivity index (χ1) is 12.1. The molecule has 132 valence electrons. The monoisotopic (exact) mass is 346 g/mol. The van der Waals surface area contributed by atoms with Crippen LogP contribution in [0.5, 0.6) is 0 Å². The SMILES string of the molecule is CCC1CCCCN1C(=O)c1ccc(Nc2c(F)cccc2F)nn1. The Hall–Kier alpha value is -2.57. The van der Waals surface area contributed by atoms with Crippen LogP contribution in [0.3, 0.4) is 0 Å². The van der Waals surface area contributed by atoms with E-state index in [0.717, 1.165) is 44.4 Å². The molecule has 1 aromatic heterocycles. The summed E-state index contributed by atoms with van der Waals surface area (Å²) in [5.74, 6) is -1.42. The van der Waals surface area contributed by atoms with E-state index in [9.17, 15) is 13.6 Å². The van der Waals surface area contributed by atoms with Crippen molar-refractivity contribution < 1.29 is 13.6 Å². The first-order valence-electron chi connectivity index (χ1n) is 8.46. The van der Waals surface area contributed by atoms with E-state index in [4.69, 9.17) is 0 Å². The van der Waals surface area contributed by atoms with Gasteiger partial charge in [-0.05, 0) is 49.9 Å². The van der Waals surface area contributed by atoms with Crippen LogP contribution in [0, 0.1) is 11.6 Å². The summed E-state index contributed by atoms with van der Waals surface area (Å²) in [7, 11) is 0. The van der Waals surface area contributed by atoms with Crippen molar-refractivity contribution in [2.24, 2.45) is 0 Å². The summed E-state index contributed by atoms with van der Waals surface area (Å²) in [5.41, 5.74) is -0.0575. The van der Waals surface area contributed by atoms with E-state index in [0.29, 0.717) is 0 Å². The summed E-state index contributed by atoms with van der Waals surface area (Å²) in [6.45, 7) is 2.79. The fourth-order valence-electron chi connectivity index (χ4n) is 3.10. The van der Waals surface area contributed by atoms with Gasteiger partial charge in [0.05, 0.1) is 0 Å². The average molecular weight is 346 g/mol. The van der Waals surface area contributed by atoms with Crippen LogP contribution in [0.2, 0.25) is 0 Å². The van der Waals surface area contributed by atoms with Crippen LogP contribution in [0.15, 0.2) is 30.3 Å². The zero-order valence-electron chi connectivity index (χ0n) is 14.0. The van der Waals surface area contributed by atoms with Gasteiger partial charge in [-0.15, -0.1) is 10.2 Å². The van der Waals surface area contributed by atoms with E-state index < -0.39 is 11.6 Å². The van der Waals surface area contributed by atoms with E-state index in [2.05, 4.69) is 22.4 Å². The largest absolute Gasteiger partial charge is 0.334 e. The highest BCUT2D eigenvalue weighted by Crippen LogP contribution is 2.23.